The molecule has 0 unspecified atom stereocenters. The largest absolute Gasteiger partial charge is 0.496 e. The first-order valence-electron chi connectivity index (χ1n) is 13.8. The summed E-state index contributed by atoms with van der Waals surface area (Å²) in [5.41, 5.74) is 1.80. The summed E-state index contributed by atoms with van der Waals surface area (Å²) in [6.07, 6.45) is 0. The summed E-state index contributed by atoms with van der Waals surface area (Å²) in [5.74, 6) is -1.89. The number of nitrogens with one attached hydrogen (secondary N) is 1. The minimum atomic E-state index is -0.794. The van der Waals surface area contributed by atoms with Gasteiger partial charge in [-0.1, -0.05) is 87.6 Å². The van der Waals surface area contributed by atoms with Crippen LogP contribution in [-0.2, 0) is 20.9 Å². The molecule has 3 atom stereocenters. The Morgan fingerprint density at radius 2 is 1.64 bits per heavy atom. The van der Waals surface area contributed by atoms with Gasteiger partial charge in [0.05, 0.1) is 23.7 Å². The lowest BCUT2D eigenvalue weighted by atomic mass is 9.82. The van der Waals surface area contributed by atoms with Crippen molar-refractivity contribution in [2.75, 3.05) is 17.3 Å². The lowest BCUT2D eigenvalue weighted by Gasteiger charge is -2.31. The number of carbonyl (C=O) groups excluding carboxylic acids is 3. The second-order valence-corrected chi connectivity index (χ2v) is 13.5. The van der Waals surface area contributed by atoms with Gasteiger partial charge in [0.15, 0.2) is 0 Å². The number of amides is 3. The third kappa shape index (κ3) is 4.85. The fourth-order valence-electron chi connectivity index (χ4n) is 5.97. The number of rotatable bonds is 6. The predicted octanol–water partition coefficient (Wildman–Crippen LogP) is 6.27. The first-order chi connectivity index (χ1) is 21.3. The molecule has 1 fully saturated rings. The molecule has 5 aromatic rings. The minimum Gasteiger partial charge on any atom is -0.496 e. The highest BCUT2D eigenvalue weighted by Crippen LogP contribution is 2.55. The molecule has 0 spiro atoms. The summed E-state index contributed by atoms with van der Waals surface area (Å²) < 4.78 is 7.92. The van der Waals surface area contributed by atoms with Crippen LogP contribution in [0.2, 0.25) is 0 Å². The maximum atomic E-state index is 14.1. The van der Waals surface area contributed by atoms with Gasteiger partial charge in [-0.2, -0.15) is 0 Å². The van der Waals surface area contributed by atoms with E-state index >= 15 is 0 Å². The lowest BCUT2D eigenvalue weighted by molar-refractivity contribution is -0.122. The standard InChI is InChI=1S/C33H24BrN3O5S2/c1-42-24-9-5-4-8-23(24)26-27-28(31(40)37(30(27)39)22-14-11-20(34)12-15-22)43-32-29(26)44-33(41)36(32)17-25(38)35-21-13-10-18-6-2-3-7-19(18)16-21/h2-16,26-28H,17H2,1H3,(H,35,38)/t26-,27-,28+/m0/s1. The molecule has 2 aliphatic rings. The van der Waals surface area contributed by atoms with Crippen LogP contribution in [0.5, 0.6) is 5.75 Å². The van der Waals surface area contributed by atoms with E-state index in [0.717, 1.165) is 26.6 Å². The van der Waals surface area contributed by atoms with E-state index in [1.807, 2.05) is 60.7 Å². The Kier molecular flexibility index (Phi) is 7.39. The van der Waals surface area contributed by atoms with Gasteiger partial charge in [0.25, 0.3) is 0 Å². The summed E-state index contributed by atoms with van der Waals surface area (Å²) in [7, 11) is 1.55. The monoisotopic (exact) mass is 685 g/mol. The normalized spacial score (nSPS) is 19.1. The number of ether oxygens (including phenoxy) is 1. The quantitative estimate of drug-likeness (QED) is 0.212. The van der Waals surface area contributed by atoms with Crippen molar-refractivity contribution in [3.8, 4) is 5.75 Å². The lowest BCUT2D eigenvalue weighted by Crippen LogP contribution is -2.33. The van der Waals surface area contributed by atoms with Gasteiger partial charge in [0, 0.05) is 26.5 Å². The van der Waals surface area contributed by atoms with Crippen LogP contribution in [0.15, 0.2) is 105 Å². The average Bonchev–Trinajstić information content (AvgIpc) is 3.47. The van der Waals surface area contributed by atoms with Gasteiger partial charge >= 0.3 is 4.87 Å². The van der Waals surface area contributed by atoms with Gasteiger partial charge in [-0.05, 0) is 53.2 Å². The Morgan fingerprint density at radius 1 is 0.909 bits per heavy atom. The van der Waals surface area contributed by atoms with Gasteiger partial charge in [-0.3, -0.25) is 23.7 Å². The van der Waals surface area contributed by atoms with Crippen molar-refractivity contribution in [2.24, 2.45) is 5.92 Å². The topological polar surface area (TPSA) is 97.7 Å². The van der Waals surface area contributed by atoms with E-state index in [4.69, 9.17) is 4.74 Å². The van der Waals surface area contributed by atoms with Crippen LogP contribution >= 0.6 is 39.0 Å². The molecule has 0 saturated carbocycles. The number of nitrogens with zero attached hydrogens (tertiary/aromatic N) is 2. The number of fused-ring (bicyclic) bond motifs is 3. The molecule has 3 amide bonds. The fraction of sp³-hybridized carbons (Fsp3) is 0.152. The van der Waals surface area contributed by atoms with Crippen LogP contribution in [-0.4, -0.2) is 34.6 Å². The summed E-state index contributed by atoms with van der Waals surface area (Å²) in [4.78, 5) is 56.3. The number of carbonyl (C=O) groups is 3. The number of hydrogen-bond acceptors (Lipinski definition) is 7. The Bertz CT molecular complexity index is 2020. The fourth-order valence-corrected chi connectivity index (χ4v) is 9.00. The van der Waals surface area contributed by atoms with Crippen molar-refractivity contribution in [2.45, 2.75) is 22.7 Å². The van der Waals surface area contributed by atoms with Crippen molar-refractivity contribution in [1.82, 2.24) is 4.57 Å². The Hall–Kier alpha value is -4.19. The highest BCUT2D eigenvalue weighted by molar-refractivity contribution is 9.10. The van der Waals surface area contributed by atoms with E-state index in [0.29, 0.717) is 32.6 Å². The smallest absolute Gasteiger partial charge is 0.308 e. The van der Waals surface area contributed by atoms with Gasteiger partial charge in [0.1, 0.15) is 17.5 Å². The number of anilines is 2. The van der Waals surface area contributed by atoms with Crippen LogP contribution in [0.3, 0.4) is 0 Å². The van der Waals surface area contributed by atoms with Gasteiger partial charge in [-0.15, -0.1) is 0 Å². The number of methoxy groups -OCH3 is 1. The molecule has 44 heavy (non-hydrogen) atoms. The third-order valence-corrected chi connectivity index (χ3v) is 11.1. The van der Waals surface area contributed by atoms with Crippen LogP contribution in [0, 0.1) is 5.92 Å². The summed E-state index contributed by atoms with van der Waals surface area (Å²) in [6.45, 7) is -0.237. The number of hydrogen-bond donors (Lipinski definition) is 1. The van der Waals surface area contributed by atoms with E-state index in [2.05, 4.69) is 21.2 Å². The maximum Gasteiger partial charge on any atom is 0.308 e. The Balaban J connectivity index is 1.28. The first kappa shape index (κ1) is 28.6. The van der Waals surface area contributed by atoms with Crippen molar-refractivity contribution in [3.63, 3.8) is 0 Å². The van der Waals surface area contributed by atoms with E-state index in [-0.39, 0.29) is 29.1 Å². The Labute approximate surface area is 268 Å². The number of benzene rings is 4. The van der Waals surface area contributed by atoms with E-state index in [9.17, 15) is 19.2 Å². The third-order valence-electron chi connectivity index (χ3n) is 7.94. The first-order valence-corrected chi connectivity index (χ1v) is 16.3. The van der Waals surface area contributed by atoms with Crippen LogP contribution < -0.4 is 19.8 Å². The molecule has 3 heterocycles. The van der Waals surface area contributed by atoms with Crippen LogP contribution in [0.4, 0.5) is 11.4 Å². The summed E-state index contributed by atoms with van der Waals surface area (Å²) in [6, 6.07) is 27.8. The number of aromatic nitrogens is 1. The molecule has 8 nitrogen and oxygen atoms in total. The number of para-hydroxylation sites is 1. The molecule has 7 rings (SSSR count). The molecular weight excluding hydrogens is 662 g/mol. The molecule has 2 aliphatic heterocycles. The zero-order chi connectivity index (χ0) is 30.5. The molecule has 1 aromatic heterocycles. The molecule has 0 bridgehead atoms. The second kappa shape index (κ2) is 11.4. The summed E-state index contributed by atoms with van der Waals surface area (Å²) >= 11 is 5.60. The van der Waals surface area contributed by atoms with Crippen molar-refractivity contribution < 1.29 is 19.1 Å². The number of imide groups is 1. The maximum absolute atomic E-state index is 14.1. The molecule has 220 valence electrons. The number of thioether (sulfide) groups is 1. The van der Waals surface area contributed by atoms with Crippen LogP contribution in [0.25, 0.3) is 10.8 Å². The number of thiazole rings is 1. The highest BCUT2D eigenvalue weighted by atomic mass is 79.9. The minimum absolute atomic E-state index is 0.237. The van der Waals surface area contributed by atoms with E-state index in [1.165, 1.54) is 21.2 Å². The Morgan fingerprint density at radius 3 is 2.41 bits per heavy atom. The molecule has 11 heteroatoms. The molecule has 4 aromatic carbocycles. The zero-order valence-corrected chi connectivity index (χ0v) is 26.4. The van der Waals surface area contributed by atoms with Crippen LogP contribution in [0.1, 0.15) is 16.4 Å². The SMILES string of the molecule is COc1ccccc1[C@@H]1c2sc(=O)n(CC(=O)Nc3ccc4ccccc4c3)c2S[C@H]2C(=O)N(c3ccc(Br)cc3)C(=O)[C@@H]12. The van der Waals surface area contributed by atoms with Gasteiger partial charge in [0.2, 0.25) is 17.7 Å². The number of halogens is 1. The van der Waals surface area contributed by atoms with Crippen molar-refractivity contribution in [3.05, 3.63) is 116 Å². The average molecular weight is 687 g/mol. The summed E-state index contributed by atoms with van der Waals surface area (Å²) in [5, 5.41) is 4.66. The molecule has 0 radical (unpaired) electrons. The van der Waals surface area contributed by atoms with Gasteiger partial charge < -0.3 is 10.1 Å². The van der Waals surface area contributed by atoms with Gasteiger partial charge in [-0.25, -0.2) is 4.90 Å². The molecule has 1 N–H and O–H groups in total. The molecule has 1 saturated heterocycles. The highest BCUT2D eigenvalue weighted by Gasteiger charge is 2.57. The molecule has 0 aliphatic carbocycles. The second-order valence-electron chi connectivity index (χ2n) is 10.5. The predicted molar refractivity (Wildman–Crippen MR) is 176 cm³/mol. The zero-order valence-electron chi connectivity index (χ0n) is 23.2. The van der Waals surface area contributed by atoms with E-state index in [1.54, 1.807) is 37.4 Å². The molecular formula is C33H24BrN3O5S2. The van der Waals surface area contributed by atoms with Crippen molar-refractivity contribution in [1.29, 1.82) is 0 Å². The van der Waals surface area contributed by atoms with Crippen molar-refractivity contribution >= 4 is 78.9 Å². The van der Waals surface area contributed by atoms with E-state index < -0.39 is 17.1 Å².